The first-order valence-corrected chi connectivity index (χ1v) is 7.15. The van der Waals surface area contributed by atoms with Crippen LogP contribution in [0, 0.1) is 5.92 Å². The Balaban J connectivity index is 1.84. The van der Waals surface area contributed by atoms with Gasteiger partial charge in [-0.2, -0.15) is 0 Å². The van der Waals surface area contributed by atoms with Gasteiger partial charge in [0.1, 0.15) is 17.1 Å². The summed E-state index contributed by atoms with van der Waals surface area (Å²) in [6, 6.07) is 5.67. The summed E-state index contributed by atoms with van der Waals surface area (Å²) in [4.78, 5) is 0. The number of rotatable bonds is 3. The van der Waals surface area contributed by atoms with Gasteiger partial charge in [0.25, 0.3) is 0 Å². The van der Waals surface area contributed by atoms with Crippen molar-refractivity contribution in [2.45, 2.75) is 50.7 Å². The van der Waals surface area contributed by atoms with E-state index in [4.69, 9.17) is 9.47 Å². The van der Waals surface area contributed by atoms with Crippen LogP contribution in [-0.2, 0) is 0 Å². The van der Waals surface area contributed by atoms with Crippen LogP contribution in [0.3, 0.4) is 0 Å². The zero-order chi connectivity index (χ0) is 13.5. The molecule has 1 aliphatic carbocycles. The summed E-state index contributed by atoms with van der Waals surface area (Å²) in [5.74, 6) is 2.32. The lowest BCUT2D eigenvalue weighted by atomic mass is 9.75. The zero-order valence-corrected chi connectivity index (χ0v) is 11.7. The van der Waals surface area contributed by atoms with Gasteiger partial charge in [0.15, 0.2) is 0 Å². The van der Waals surface area contributed by atoms with Gasteiger partial charge in [-0.15, -0.1) is 0 Å². The molecule has 1 N–H and O–H groups in total. The molecular weight excluding hydrogens is 240 g/mol. The minimum Gasteiger partial charge on any atom is -0.497 e. The number of fused-ring (bicyclic) bond motifs is 1. The molecule has 1 unspecified atom stereocenters. The molecule has 3 rings (SSSR count). The summed E-state index contributed by atoms with van der Waals surface area (Å²) in [6.45, 7) is 2.12. The van der Waals surface area contributed by atoms with Crippen molar-refractivity contribution in [2.24, 2.45) is 5.92 Å². The predicted octanol–water partition coefficient (Wildman–Crippen LogP) is 3.46. The molecule has 19 heavy (non-hydrogen) atoms. The van der Waals surface area contributed by atoms with Gasteiger partial charge in [-0.3, -0.25) is 0 Å². The number of benzene rings is 1. The Bertz CT molecular complexity index is 467. The summed E-state index contributed by atoms with van der Waals surface area (Å²) < 4.78 is 11.4. The van der Waals surface area contributed by atoms with E-state index in [1.807, 2.05) is 18.2 Å². The van der Waals surface area contributed by atoms with Crippen molar-refractivity contribution in [3.63, 3.8) is 0 Å². The second kappa shape index (κ2) is 4.71. The van der Waals surface area contributed by atoms with Crippen LogP contribution in [0.2, 0.25) is 0 Å². The van der Waals surface area contributed by atoms with Crippen LogP contribution in [0.15, 0.2) is 18.2 Å². The van der Waals surface area contributed by atoms with Crippen LogP contribution < -0.4 is 9.47 Å². The van der Waals surface area contributed by atoms with Crippen LogP contribution in [0.1, 0.15) is 50.7 Å². The van der Waals surface area contributed by atoms with E-state index in [0.717, 1.165) is 29.4 Å². The van der Waals surface area contributed by atoms with Crippen LogP contribution in [0.25, 0.3) is 0 Å². The molecule has 104 valence electrons. The predicted molar refractivity (Wildman–Crippen MR) is 73.6 cm³/mol. The van der Waals surface area contributed by atoms with E-state index >= 15 is 0 Å². The third kappa shape index (κ3) is 2.44. The van der Waals surface area contributed by atoms with E-state index in [9.17, 15) is 5.11 Å². The summed E-state index contributed by atoms with van der Waals surface area (Å²) in [5.41, 5.74) is 0.635. The molecule has 1 saturated carbocycles. The van der Waals surface area contributed by atoms with Crippen LogP contribution in [0.5, 0.6) is 11.5 Å². The molecule has 3 nitrogen and oxygen atoms in total. The molecule has 1 fully saturated rings. The van der Waals surface area contributed by atoms with E-state index < -0.39 is 6.10 Å². The minimum atomic E-state index is -0.431. The lowest BCUT2D eigenvalue weighted by Gasteiger charge is -2.42. The van der Waals surface area contributed by atoms with Crippen molar-refractivity contribution in [1.29, 1.82) is 0 Å². The second-order valence-electron chi connectivity index (χ2n) is 6.18. The van der Waals surface area contributed by atoms with E-state index in [1.165, 1.54) is 19.3 Å². The summed E-state index contributed by atoms with van der Waals surface area (Å²) in [7, 11) is 1.65. The molecule has 2 aliphatic rings. The maximum Gasteiger partial charge on any atom is 0.129 e. The molecular formula is C16H22O3. The Morgan fingerprint density at radius 3 is 2.84 bits per heavy atom. The van der Waals surface area contributed by atoms with Gasteiger partial charge in [0.05, 0.1) is 13.2 Å². The standard InChI is InChI=1S/C16H22O3/c1-16(9-11-4-3-5-11)10-14(17)13-7-6-12(18-2)8-15(13)19-16/h6-8,11,14,17H,3-5,9-10H2,1-2H3/t14-,16?/m0/s1. The van der Waals surface area contributed by atoms with Gasteiger partial charge in [0, 0.05) is 18.1 Å². The number of hydrogen-bond donors (Lipinski definition) is 1. The normalized spacial score (nSPS) is 30.2. The van der Waals surface area contributed by atoms with Crippen molar-refractivity contribution in [1.82, 2.24) is 0 Å². The molecule has 2 atom stereocenters. The largest absolute Gasteiger partial charge is 0.497 e. The van der Waals surface area contributed by atoms with Crippen molar-refractivity contribution in [2.75, 3.05) is 7.11 Å². The molecule has 0 saturated heterocycles. The highest BCUT2D eigenvalue weighted by Gasteiger charge is 2.39. The molecule has 1 aliphatic heterocycles. The number of methoxy groups -OCH3 is 1. The van der Waals surface area contributed by atoms with E-state index in [-0.39, 0.29) is 5.60 Å². The minimum absolute atomic E-state index is 0.246. The molecule has 1 heterocycles. The topological polar surface area (TPSA) is 38.7 Å². The summed E-state index contributed by atoms with van der Waals surface area (Å²) in [5, 5.41) is 10.3. The molecule has 0 spiro atoms. The van der Waals surface area contributed by atoms with Crippen molar-refractivity contribution < 1.29 is 14.6 Å². The summed E-state index contributed by atoms with van der Waals surface area (Å²) >= 11 is 0. The number of ether oxygens (including phenoxy) is 2. The van der Waals surface area contributed by atoms with Crippen molar-refractivity contribution in [3.05, 3.63) is 23.8 Å². The van der Waals surface area contributed by atoms with Gasteiger partial charge in [-0.05, 0) is 31.4 Å². The highest BCUT2D eigenvalue weighted by molar-refractivity contribution is 5.43. The third-order valence-corrected chi connectivity index (χ3v) is 4.51. The Labute approximate surface area is 114 Å². The molecule has 0 radical (unpaired) electrons. The molecule has 0 bridgehead atoms. The first-order valence-electron chi connectivity index (χ1n) is 7.15. The summed E-state index contributed by atoms with van der Waals surface area (Å²) in [6.07, 6.45) is 5.25. The van der Waals surface area contributed by atoms with E-state index in [2.05, 4.69) is 6.92 Å². The van der Waals surface area contributed by atoms with E-state index in [1.54, 1.807) is 7.11 Å². The highest BCUT2D eigenvalue weighted by atomic mass is 16.5. The van der Waals surface area contributed by atoms with Crippen LogP contribution in [0.4, 0.5) is 0 Å². The Morgan fingerprint density at radius 2 is 2.21 bits per heavy atom. The Hall–Kier alpha value is -1.22. The van der Waals surface area contributed by atoms with Crippen molar-refractivity contribution >= 4 is 0 Å². The van der Waals surface area contributed by atoms with Gasteiger partial charge in [-0.1, -0.05) is 19.3 Å². The third-order valence-electron chi connectivity index (χ3n) is 4.51. The van der Waals surface area contributed by atoms with Gasteiger partial charge in [0.2, 0.25) is 0 Å². The molecule has 1 aromatic carbocycles. The SMILES string of the molecule is COc1ccc2c(c1)OC(C)(CC1CCC1)C[C@@H]2O. The fourth-order valence-corrected chi connectivity index (χ4v) is 3.26. The lowest BCUT2D eigenvalue weighted by molar-refractivity contribution is -0.0249. The molecule has 1 aromatic rings. The maximum atomic E-state index is 10.3. The average molecular weight is 262 g/mol. The number of aliphatic hydroxyl groups excluding tert-OH is 1. The smallest absolute Gasteiger partial charge is 0.129 e. The van der Waals surface area contributed by atoms with Gasteiger partial charge in [-0.25, -0.2) is 0 Å². The molecule has 0 amide bonds. The molecule has 3 heteroatoms. The monoisotopic (exact) mass is 262 g/mol. The van der Waals surface area contributed by atoms with Gasteiger partial charge < -0.3 is 14.6 Å². The first kappa shape index (κ1) is 12.8. The maximum absolute atomic E-state index is 10.3. The van der Waals surface area contributed by atoms with Crippen LogP contribution >= 0.6 is 0 Å². The fourth-order valence-electron chi connectivity index (χ4n) is 3.26. The Morgan fingerprint density at radius 1 is 1.42 bits per heavy atom. The van der Waals surface area contributed by atoms with Gasteiger partial charge >= 0.3 is 0 Å². The number of hydrogen-bond acceptors (Lipinski definition) is 3. The molecule has 0 aromatic heterocycles. The quantitative estimate of drug-likeness (QED) is 0.906. The number of aliphatic hydroxyl groups is 1. The zero-order valence-electron chi connectivity index (χ0n) is 11.7. The highest BCUT2D eigenvalue weighted by Crippen LogP contribution is 2.45. The van der Waals surface area contributed by atoms with Crippen LogP contribution in [-0.4, -0.2) is 17.8 Å². The first-order chi connectivity index (χ1) is 9.09. The fraction of sp³-hybridized carbons (Fsp3) is 0.625. The average Bonchev–Trinajstić information content (AvgIpc) is 2.33. The lowest BCUT2D eigenvalue weighted by Crippen LogP contribution is -2.41. The van der Waals surface area contributed by atoms with E-state index in [0.29, 0.717) is 6.42 Å². The second-order valence-corrected chi connectivity index (χ2v) is 6.18. The van der Waals surface area contributed by atoms with Crippen molar-refractivity contribution in [3.8, 4) is 11.5 Å². The Kier molecular flexibility index (Phi) is 3.17.